The van der Waals surface area contributed by atoms with Crippen LogP contribution < -0.4 is 10.9 Å². The van der Waals surface area contributed by atoms with Crippen molar-refractivity contribution in [3.63, 3.8) is 0 Å². The summed E-state index contributed by atoms with van der Waals surface area (Å²) >= 11 is 1.32. The maximum atomic E-state index is 11.2. The first-order valence-corrected chi connectivity index (χ1v) is 4.71. The highest BCUT2D eigenvalue weighted by atomic mass is 32.1. The molecule has 6 heteroatoms. The van der Waals surface area contributed by atoms with Crippen LogP contribution in [0.3, 0.4) is 0 Å². The Hall–Kier alpha value is -1.43. The van der Waals surface area contributed by atoms with Crippen molar-refractivity contribution in [3.05, 3.63) is 16.7 Å². The number of rotatable bonds is 2. The van der Waals surface area contributed by atoms with E-state index in [1.54, 1.807) is 0 Å². The van der Waals surface area contributed by atoms with Crippen LogP contribution in [0.5, 0.6) is 0 Å². The van der Waals surface area contributed by atoms with Gasteiger partial charge in [0.1, 0.15) is 4.70 Å². The highest BCUT2D eigenvalue weighted by molar-refractivity contribution is 7.22. The molecule has 0 aromatic carbocycles. The van der Waals surface area contributed by atoms with E-state index in [2.05, 4.69) is 20.3 Å². The van der Waals surface area contributed by atoms with Crippen molar-refractivity contribution in [2.24, 2.45) is 0 Å². The topological polar surface area (TPSA) is 70.7 Å². The molecular formula is C7H8N4OS. The number of nitrogens with one attached hydrogen (secondary N) is 2. The summed E-state index contributed by atoms with van der Waals surface area (Å²) in [6.07, 6.45) is 1.36. The SMILES string of the molecule is CCNc1nc2nc[nH]c(=O)c2s1. The van der Waals surface area contributed by atoms with Gasteiger partial charge in [0.05, 0.1) is 6.33 Å². The summed E-state index contributed by atoms with van der Waals surface area (Å²) in [6, 6.07) is 0. The zero-order valence-corrected chi connectivity index (χ0v) is 7.81. The van der Waals surface area contributed by atoms with Gasteiger partial charge < -0.3 is 10.3 Å². The third-order valence-corrected chi connectivity index (χ3v) is 2.53. The molecule has 0 spiro atoms. The zero-order valence-electron chi connectivity index (χ0n) is 7.00. The number of hydrogen-bond donors (Lipinski definition) is 2. The molecule has 2 heterocycles. The van der Waals surface area contributed by atoms with Gasteiger partial charge in [-0.1, -0.05) is 11.3 Å². The number of nitrogens with zero attached hydrogens (tertiary/aromatic N) is 2. The van der Waals surface area contributed by atoms with E-state index in [1.165, 1.54) is 17.7 Å². The monoisotopic (exact) mass is 196 g/mol. The van der Waals surface area contributed by atoms with Crippen molar-refractivity contribution in [3.8, 4) is 0 Å². The molecular weight excluding hydrogens is 188 g/mol. The first kappa shape index (κ1) is 8.18. The number of H-pyrrole nitrogens is 1. The van der Waals surface area contributed by atoms with Crippen LogP contribution in [0.4, 0.5) is 5.13 Å². The summed E-state index contributed by atoms with van der Waals surface area (Å²) in [5.74, 6) is 0. The van der Waals surface area contributed by atoms with Gasteiger partial charge in [-0.15, -0.1) is 0 Å². The van der Waals surface area contributed by atoms with Crippen LogP contribution in [0.1, 0.15) is 6.92 Å². The molecule has 0 saturated heterocycles. The van der Waals surface area contributed by atoms with Crippen LogP contribution in [0.15, 0.2) is 11.1 Å². The van der Waals surface area contributed by atoms with Crippen LogP contribution in [-0.4, -0.2) is 21.5 Å². The third kappa shape index (κ3) is 1.40. The summed E-state index contributed by atoms with van der Waals surface area (Å²) in [4.78, 5) is 21.8. The molecule has 0 amide bonds. The fourth-order valence-electron chi connectivity index (χ4n) is 0.992. The molecule has 0 bridgehead atoms. The second-order valence-electron chi connectivity index (χ2n) is 2.43. The van der Waals surface area contributed by atoms with Crippen molar-refractivity contribution in [2.45, 2.75) is 6.92 Å². The van der Waals surface area contributed by atoms with Gasteiger partial charge in [-0.3, -0.25) is 4.79 Å². The van der Waals surface area contributed by atoms with E-state index in [4.69, 9.17) is 0 Å². The maximum absolute atomic E-state index is 11.2. The second-order valence-corrected chi connectivity index (χ2v) is 3.43. The Morgan fingerprint density at radius 1 is 1.69 bits per heavy atom. The molecule has 5 nitrogen and oxygen atoms in total. The summed E-state index contributed by atoms with van der Waals surface area (Å²) in [7, 11) is 0. The Kier molecular flexibility index (Phi) is 1.97. The van der Waals surface area contributed by atoms with E-state index in [0.717, 1.165) is 11.7 Å². The lowest BCUT2D eigenvalue weighted by molar-refractivity contribution is 1.15. The molecule has 0 radical (unpaired) electrons. The average Bonchev–Trinajstić information content (AvgIpc) is 2.49. The number of aromatic amines is 1. The van der Waals surface area contributed by atoms with Gasteiger partial charge in [-0.25, -0.2) is 4.98 Å². The lowest BCUT2D eigenvalue weighted by Gasteiger charge is -1.91. The average molecular weight is 196 g/mol. The first-order valence-electron chi connectivity index (χ1n) is 3.89. The van der Waals surface area contributed by atoms with E-state index in [9.17, 15) is 4.79 Å². The molecule has 0 aliphatic heterocycles. The molecule has 2 rings (SSSR count). The number of aromatic nitrogens is 3. The van der Waals surface area contributed by atoms with E-state index in [0.29, 0.717) is 10.3 Å². The van der Waals surface area contributed by atoms with Crippen LogP contribution in [0.2, 0.25) is 0 Å². The fourth-order valence-corrected chi connectivity index (χ4v) is 1.88. The van der Waals surface area contributed by atoms with Gasteiger partial charge in [0.15, 0.2) is 10.8 Å². The van der Waals surface area contributed by atoms with E-state index in [1.807, 2.05) is 6.92 Å². The van der Waals surface area contributed by atoms with E-state index in [-0.39, 0.29) is 5.56 Å². The Morgan fingerprint density at radius 2 is 2.54 bits per heavy atom. The van der Waals surface area contributed by atoms with Gasteiger partial charge in [0.2, 0.25) is 0 Å². The predicted molar refractivity (Wildman–Crippen MR) is 52.2 cm³/mol. The van der Waals surface area contributed by atoms with Gasteiger partial charge >= 0.3 is 0 Å². The number of anilines is 1. The van der Waals surface area contributed by atoms with E-state index < -0.39 is 0 Å². The van der Waals surface area contributed by atoms with Crippen molar-refractivity contribution >= 4 is 26.8 Å². The Bertz CT molecular complexity index is 475. The number of hydrogen-bond acceptors (Lipinski definition) is 5. The molecule has 13 heavy (non-hydrogen) atoms. The lowest BCUT2D eigenvalue weighted by atomic mass is 10.6. The third-order valence-electron chi connectivity index (χ3n) is 1.53. The summed E-state index contributed by atoms with van der Waals surface area (Å²) in [6.45, 7) is 2.77. The smallest absolute Gasteiger partial charge is 0.270 e. The zero-order chi connectivity index (χ0) is 9.26. The minimum Gasteiger partial charge on any atom is -0.362 e. The molecule has 2 aromatic heterocycles. The molecule has 0 aliphatic carbocycles. The standard InChI is InChI=1S/C7H8N4OS/c1-2-8-7-11-5-4(13-7)6(12)10-3-9-5/h3H,2H2,1H3,(H2,8,9,10,11,12). The summed E-state index contributed by atoms with van der Waals surface area (Å²) in [5.41, 5.74) is 0.372. The van der Waals surface area contributed by atoms with Crippen molar-refractivity contribution in [1.29, 1.82) is 0 Å². The van der Waals surface area contributed by atoms with Gasteiger partial charge in [-0.05, 0) is 6.92 Å². The molecule has 2 aromatic rings. The Balaban J connectivity index is 2.62. The molecule has 0 fully saturated rings. The Labute approximate surface area is 77.9 Å². The number of fused-ring (bicyclic) bond motifs is 1. The minimum absolute atomic E-state index is 0.133. The highest BCUT2D eigenvalue weighted by Gasteiger charge is 2.05. The molecule has 68 valence electrons. The van der Waals surface area contributed by atoms with Gasteiger partial charge in [0.25, 0.3) is 5.56 Å². The van der Waals surface area contributed by atoms with Crippen LogP contribution >= 0.6 is 11.3 Å². The molecule has 0 atom stereocenters. The van der Waals surface area contributed by atoms with Crippen LogP contribution in [-0.2, 0) is 0 Å². The normalized spacial score (nSPS) is 10.5. The quantitative estimate of drug-likeness (QED) is 0.745. The molecule has 0 saturated carbocycles. The van der Waals surface area contributed by atoms with E-state index >= 15 is 0 Å². The molecule has 0 unspecified atom stereocenters. The van der Waals surface area contributed by atoms with Crippen molar-refractivity contribution in [1.82, 2.24) is 15.0 Å². The first-order chi connectivity index (χ1) is 6.31. The largest absolute Gasteiger partial charge is 0.362 e. The molecule has 2 N–H and O–H groups in total. The maximum Gasteiger partial charge on any atom is 0.270 e. The fraction of sp³-hybridized carbons (Fsp3) is 0.286. The highest BCUT2D eigenvalue weighted by Crippen LogP contribution is 2.20. The van der Waals surface area contributed by atoms with Crippen molar-refractivity contribution in [2.75, 3.05) is 11.9 Å². The van der Waals surface area contributed by atoms with Crippen LogP contribution in [0, 0.1) is 0 Å². The summed E-state index contributed by atoms with van der Waals surface area (Å²) < 4.78 is 0.568. The van der Waals surface area contributed by atoms with Gasteiger partial charge in [-0.2, -0.15) is 4.98 Å². The van der Waals surface area contributed by atoms with Gasteiger partial charge in [0, 0.05) is 6.54 Å². The lowest BCUT2D eigenvalue weighted by Crippen LogP contribution is -2.03. The van der Waals surface area contributed by atoms with Crippen LogP contribution in [0.25, 0.3) is 10.3 Å². The molecule has 0 aliphatic rings. The van der Waals surface area contributed by atoms with Crippen molar-refractivity contribution < 1.29 is 0 Å². The number of thiazole rings is 1. The minimum atomic E-state index is -0.133. The predicted octanol–water partition coefficient (Wildman–Crippen LogP) is 0.811. The second kappa shape index (κ2) is 3.14. The Morgan fingerprint density at radius 3 is 3.23 bits per heavy atom. The summed E-state index contributed by atoms with van der Waals surface area (Å²) in [5, 5.41) is 3.78.